The number of nitrogens with zero attached hydrogens (tertiary/aromatic N) is 1. The number of benzene rings is 1. The third-order valence-electron chi connectivity index (χ3n) is 2.65. The van der Waals surface area contributed by atoms with E-state index in [1.807, 2.05) is 0 Å². The van der Waals surface area contributed by atoms with Crippen LogP contribution in [0.1, 0.15) is 10.4 Å². The molecule has 0 spiro atoms. The van der Waals surface area contributed by atoms with Gasteiger partial charge >= 0.3 is 5.51 Å². The van der Waals surface area contributed by atoms with E-state index in [1.165, 1.54) is 4.90 Å². The van der Waals surface area contributed by atoms with Crippen LogP contribution in [0.4, 0.5) is 13.2 Å². The normalized spacial score (nSPS) is 15.7. The number of alkyl halides is 3. The van der Waals surface area contributed by atoms with Gasteiger partial charge in [0.25, 0.3) is 5.91 Å². The fourth-order valence-electron chi connectivity index (χ4n) is 1.79. The van der Waals surface area contributed by atoms with Gasteiger partial charge in [0.05, 0.1) is 12.1 Å². The van der Waals surface area contributed by atoms with Crippen molar-refractivity contribution in [3.8, 4) is 5.75 Å². The summed E-state index contributed by atoms with van der Waals surface area (Å²) in [6, 6.07) is 6.75. The molecule has 1 amide bonds. The first-order valence-electron chi connectivity index (χ1n) is 5.69. The second-order valence-corrected chi connectivity index (χ2v) is 5.09. The van der Waals surface area contributed by atoms with Crippen molar-refractivity contribution in [3.63, 3.8) is 0 Å². The zero-order chi connectivity index (χ0) is 13.9. The van der Waals surface area contributed by atoms with Gasteiger partial charge in [0.15, 0.2) is 0 Å². The number of fused-ring (bicyclic) bond motifs is 1. The molecule has 0 saturated carbocycles. The number of para-hydroxylation sites is 1. The summed E-state index contributed by atoms with van der Waals surface area (Å²) in [7, 11) is 0. The number of thioether (sulfide) groups is 1. The molecule has 0 saturated heterocycles. The van der Waals surface area contributed by atoms with E-state index in [0.717, 1.165) is 0 Å². The summed E-state index contributed by atoms with van der Waals surface area (Å²) in [6.07, 6.45) is 0. The largest absolute Gasteiger partial charge is 0.491 e. The molecule has 0 fully saturated rings. The average Bonchev–Trinajstić information content (AvgIpc) is 2.49. The molecule has 0 aromatic heterocycles. The highest BCUT2D eigenvalue weighted by molar-refractivity contribution is 8.00. The molecule has 0 N–H and O–H groups in total. The van der Waals surface area contributed by atoms with E-state index < -0.39 is 5.51 Å². The molecule has 2 rings (SSSR count). The molecule has 0 unspecified atom stereocenters. The molecule has 1 aromatic rings. The van der Waals surface area contributed by atoms with Crippen LogP contribution >= 0.6 is 11.8 Å². The van der Waals surface area contributed by atoms with Crippen molar-refractivity contribution in [2.75, 3.05) is 25.4 Å². The van der Waals surface area contributed by atoms with Gasteiger partial charge < -0.3 is 9.64 Å². The average molecular weight is 291 g/mol. The molecule has 104 valence electrons. The van der Waals surface area contributed by atoms with Gasteiger partial charge in [-0.15, -0.1) is 0 Å². The Labute approximate surface area is 112 Å². The highest BCUT2D eigenvalue weighted by Crippen LogP contribution is 2.30. The van der Waals surface area contributed by atoms with Crippen molar-refractivity contribution in [1.82, 2.24) is 4.90 Å². The van der Waals surface area contributed by atoms with Crippen LogP contribution in [0.3, 0.4) is 0 Å². The molecular formula is C12H12F3NO2S. The number of halogens is 3. The Morgan fingerprint density at radius 1 is 1.32 bits per heavy atom. The Balaban J connectivity index is 2.01. The maximum absolute atomic E-state index is 12.1. The quantitative estimate of drug-likeness (QED) is 0.857. The lowest BCUT2D eigenvalue weighted by Crippen LogP contribution is -2.34. The Bertz CT molecular complexity index is 465. The van der Waals surface area contributed by atoms with E-state index in [9.17, 15) is 18.0 Å². The number of carbonyl (C=O) groups is 1. The number of carbonyl (C=O) groups excluding carboxylic acids is 1. The van der Waals surface area contributed by atoms with Crippen LogP contribution in [-0.4, -0.2) is 41.8 Å². The second-order valence-electron chi connectivity index (χ2n) is 3.93. The molecule has 1 heterocycles. The number of rotatable bonds is 3. The van der Waals surface area contributed by atoms with Crippen LogP contribution in [0.5, 0.6) is 5.75 Å². The number of hydrogen-bond acceptors (Lipinski definition) is 3. The first kappa shape index (κ1) is 14.0. The van der Waals surface area contributed by atoms with Crippen LogP contribution in [0.15, 0.2) is 24.3 Å². The Hall–Kier alpha value is -1.37. The maximum Gasteiger partial charge on any atom is 0.441 e. The van der Waals surface area contributed by atoms with Gasteiger partial charge in [-0.2, -0.15) is 13.2 Å². The molecule has 3 nitrogen and oxygen atoms in total. The summed E-state index contributed by atoms with van der Waals surface area (Å²) in [5.74, 6) is 0.0339. The Morgan fingerprint density at radius 3 is 2.79 bits per heavy atom. The molecule has 0 atom stereocenters. The van der Waals surface area contributed by atoms with E-state index in [4.69, 9.17) is 4.74 Å². The van der Waals surface area contributed by atoms with Crippen LogP contribution < -0.4 is 4.74 Å². The summed E-state index contributed by atoms with van der Waals surface area (Å²) in [5, 5.41) is 0. The van der Waals surface area contributed by atoms with E-state index in [2.05, 4.69) is 0 Å². The number of amides is 1. The van der Waals surface area contributed by atoms with Gasteiger partial charge in [0, 0.05) is 12.3 Å². The first-order valence-corrected chi connectivity index (χ1v) is 6.68. The summed E-state index contributed by atoms with van der Waals surface area (Å²) in [5.41, 5.74) is -3.86. The lowest BCUT2D eigenvalue weighted by atomic mass is 10.2. The zero-order valence-corrected chi connectivity index (χ0v) is 10.8. The molecule has 0 radical (unpaired) electrons. The van der Waals surface area contributed by atoms with Crippen molar-refractivity contribution < 1.29 is 22.7 Å². The monoisotopic (exact) mass is 291 g/mol. The smallest absolute Gasteiger partial charge is 0.441 e. The van der Waals surface area contributed by atoms with Crippen LogP contribution in [0, 0.1) is 0 Å². The van der Waals surface area contributed by atoms with Crippen molar-refractivity contribution in [2.24, 2.45) is 0 Å². The minimum atomic E-state index is -4.26. The summed E-state index contributed by atoms with van der Waals surface area (Å²) >= 11 is -0.117. The van der Waals surface area contributed by atoms with Gasteiger partial charge in [-0.1, -0.05) is 12.1 Å². The Morgan fingerprint density at radius 2 is 2.05 bits per heavy atom. The second kappa shape index (κ2) is 5.73. The van der Waals surface area contributed by atoms with Crippen molar-refractivity contribution in [2.45, 2.75) is 5.51 Å². The highest BCUT2D eigenvalue weighted by atomic mass is 32.2. The van der Waals surface area contributed by atoms with E-state index in [1.54, 1.807) is 24.3 Å². The van der Waals surface area contributed by atoms with E-state index in [-0.39, 0.29) is 30.0 Å². The molecule has 7 heteroatoms. The van der Waals surface area contributed by atoms with Crippen LogP contribution in [0.25, 0.3) is 0 Å². The fourth-order valence-corrected chi connectivity index (χ4v) is 2.33. The third-order valence-corrected chi connectivity index (χ3v) is 3.36. The molecule has 1 aliphatic heterocycles. The van der Waals surface area contributed by atoms with Gasteiger partial charge in [-0.05, 0) is 23.9 Å². The lowest BCUT2D eigenvalue weighted by molar-refractivity contribution is -0.0328. The molecule has 0 bridgehead atoms. The molecule has 19 heavy (non-hydrogen) atoms. The molecule has 1 aromatic carbocycles. The van der Waals surface area contributed by atoms with Gasteiger partial charge in [-0.3, -0.25) is 4.79 Å². The highest BCUT2D eigenvalue weighted by Gasteiger charge is 2.29. The fraction of sp³-hybridized carbons (Fsp3) is 0.417. The van der Waals surface area contributed by atoms with Gasteiger partial charge in [-0.25, -0.2) is 0 Å². The zero-order valence-electron chi connectivity index (χ0n) is 9.94. The van der Waals surface area contributed by atoms with Crippen LogP contribution in [0.2, 0.25) is 0 Å². The predicted molar refractivity (Wildman–Crippen MR) is 66.4 cm³/mol. The first-order chi connectivity index (χ1) is 8.97. The lowest BCUT2D eigenvalue weighted by Gasteiger charge is -2.19. The summed E-state index contributed by atoms with van der Waals surface area (Å²) in [6.45, 7) is 0.645. The van der Waals surface area contributed by atoms with Crippen molar-refractivity contribution in [3.05, 3.63) is 29.8 Å². The Kier molecular flexibility index (Phi) is 4.24. The number of ether oxygens (including phenoxy) is 1. The molecule has 0 aliphatic carbocycles. The topological polar surface area (TPSA) is 29.5 Å². The molecule has 1 aliphatic rings. The van der Waals surface area contributed by atoms with Gasteiger partial charge in [0.1, 0.15) is 12.4 Å². The predicted octanol–water partition coefficient (Wildman–Crippen LogP) is 2.77. The van der Waals surface area contributed by atoms with E-state index in [0.29, 0.717) is 24.5 Å². The van der Waals surface area contributed by atoms with Crippen molar-refractivity contribution >= 4 is 17.7 Å². The van der Waals surface area contributed by atoms with E-state index >= 15 is 0 Å². The standard InChI is InChI=1S/C12H12F3NO2S/c13-12(14,15)19-8-6-16-5-7-18-10-4-2-1-3-9(10)11(16)17/h1-4H,5-8H2. The van der Waals surface area contributed by atoms with Gasteiger partial charge in [0.2, 0.25) is 0 Å². The SMILES string of the molecule is O=C1c2ccccc2OCCN1CCSC(F)(F)F. The summed E-state index contributed by atoms with van der Waals surface area (Å²) in [4.78, 5) is 13.5. The van der Waals surface area contributed by atoms with Crippen molar-refractivity contribution in [1.29, 1.82) is 0 Å². The minimum absolute atomic E-state index is 0.0563. The third kappa shape index (κ3) is 3.79. The maximum atomic E-state index is 12.1. The summed E-state index contributed by atoms with van der Waals surface area (Å²) < 4.78 is 41.6. The minimum Gasteiger partial charge on any atom is -0.491 e. The molecular weight excluding hydrogens is 279 g/mol. The number of hydrogen-bond donors (Lipinski definition) is 0. The van der Waals surface area contributed by atoms with Crippen LogP contribution in [-0.2, 0) is 0 Å².